The van der Waals surface area contributed by atoms with Gasteiger partial charge in [-0.25, -0.2) is 9.59 Å². The van der Waals surface area contributed by atoms with Crippen LogP contribution in [0.2, 0.25) is 0 Å². The van der Waals surface area contributed by atoms with E-state index in [1.54, 1.807) is 11.9 Å². The number of hydrogen-bond donors (Lipinski definition) is 1. The summed E-state index contributed by atoms with van der Waals surface area (Å²) in [6.07, 6.45) is 2.13. The number of likely N-dealkylation sites (tertiary alicyclic amines) is 1. The first-order chi connectivity index (χ1) is 11.9. The zero-order chi connectivity index (χ0) is 18.0. The van der Waals surface area contributed by atoms with Gasteiger partial charge in [-0.05, 0) is 24.0 Å². The molecule has 6 heteroatoms. The number of piperidine rings is 1. The van der Waals surface area contributed by atoms with Gasteiger partial charge in [-0.2, -0.15) is 0 Å². The van der Waals surface area contributed by atoms with Crippen LogP contribution in [0.3, 0.4) is 0 Å². The van der Waals surface area contributed by atoms with E-state index in [1.165, 1.54) is 0 Å². The van der Waals surface area contributed by atoms with E-state index >= 15 is 0 Å². The minimum Gasteiger partial charge on any atom is -0.441 e. The maximum atomic E-state index is 12.7. The van der Waals surface area contributed by atoms with E-state index in [-0.39, 0.29) is 12.1 Å². The lowest BCUT2D eigenvalue weighted by Gasteiger charge is -2.37. The average Bonchev–Trinajstić information content (AvgIpc) is 2.88. The second-order valence-electron chi connectivity index (χ2n) is 7.22. The zero-order valence-corrected chi connectivity index (χ0v) is 15.2. The minimum atomic E-state index is -0.419. The van der Waals surface area contributed by atoms with Crippen LogP contribution in [0.5, 0.6) is 0 Å². The lowest BCUT2D eigenvalue weighted by Crippen LogP contribution is -2.49. The Morgan fingerprint density at radius 2 is 2.00 bits per heavy atom. The van der Waals surface area contributed by atoms with E-state index < -0.39 is 5.60 Å². The zero-order valence-electron chi connectivity index (χ0n) is 15.2. The topological polar surface area (TPSA) is 61.9 Å². The molecule has 3 rings (SSSR count). The van der Waals surface area contributed by atoms with Crippen molar-refractivity contribution < 1.29 is 14.3 Å². The molecule has 1 spiro atoms. The summed E-state index contributed by atoms with van der Waals surface area (Å²) in [5.74, 6) is 0.398. The quantitative estimate of drug-likeness (QED) is 0.909. The number of likely N-dealkylation sites (N-methyl/N-ethyl adjacent to an activating group) is 1. The number of carbonyl (C=O) groups excluding carboxylic acids is 2. The molecule has 2 aliphatic rings. The Kier molecular flexibility index (Phi) is 4.88. The SMILES string of the molecule is CC[C@H](C)c1ccccc1NC(=O)N1CCC2(CC1)CN(C)C(=O)O2. The lowest BCUT2D eigenvalue weighted by molar-refractivity contribution is 0.0109. The molecular formula is C19H27N3O3. The van der Waals surface area contributed by atoms with E-state index in [0.29, 0.717) is 38.4 Å². The number of amides is 3. The number of benzene rings is 1. The molecule has 0 unspecified atom stereocenters. The van der Waals surface area contributed by atoms with Crippen LogP contribution >= 0.6 is 0 Å². The number of rotatable bonds is 3. The second kappa shape index (κ2) is 6.94. The highest BCUT2D eigenvalue weighted by Crippen LogP contribution is 2.33. The average molecular weight is 345 g/mol. The summed E-state index contributed by atoms with van der Waals surface area (Å²) in [4.78, 5) is 27.7. The molecule has 0 bridgehead atoms. The third-order valence-corrected chi connectivity index (χ3v) is 5.45. The maximum absolute atomic E-state index is 12.7. The van der Waals surface area contributed by atoms with Crippen LogP contribution in [0.1, 0.15) is 44.6 Å². The van der Waals surface area contributed by atoms with Gasteiger partial charge in [0.1, 0.15) is 5.60 Å². The van der Waals surface area contributed by atoms with Crippen molar-refractivity contribution in [1.82, 2.24) is 9.80 Å². The van der Waals surface area contributed by atoms with Crippen molar-refractivity contribution in [3.05, 3.63) is 29.8 Å². The van der Waals surface area contributed by atoms with E-state index in [4.69, 9.17) is 4.74 Å². The Bertz CT molecular complexity index is 653. The van der Waals surface area contributed by atoms with Gasteiger partial charge < -0.3 is 19.9 Å². The van der Waals surface area contributed by atoms with Gasteiger partial charge in [0.05, 0.1) is 6.54 Å². The van der Waals surface area contributed by atoms with Crippen molar-refractivity contribution in [2.75, 3.05) is 32.0 Å². The molecule has 1 aromatic carbocycles. The Hall–Kier alpha value is -2.24. The number of nitrogens with one attached hydrogen (secondary N) is 1. The highest BCUT2D eigenvalue weighted by molar-refractivity contribution is 5.90. The number of carbonyl (C=O) groups is 2. The fourth-order valence-electron chi connectivity index (χ4n) is 3.62. The summed E-state index contributed by atoms with van der Waals surface area (Å²) in [6.45, 7) is 6.11. The molecular weight excluding hydrogens is 318 g/mol. The Labute approximate surface area is 149 Å². The molecule has 2 saturated heterocycles. The molecule has 3 amide bonds. The first kappa shape index (κ1) is 17.6. The number of hydrogen-bond acceptors (Lipinski definition) is 3. The van der Waals surface area contributed by atoms with Crippen LogP contribution in [0.4, 0.5) is 15.3 Å². The standard InChI is InChI=1S/C19H27N3O3/c1-4-14(2)15-7-5-6-8-16(15)20-17(23)22-11-9-19(10-12-22)13-21(3)18(24)25-19/h5-8,14H,4,9-13H2,1-3H3,(H,20,23)/t14-/m0/s1. The number of ether oxygens (including phenoxy) is 1. The number of nitrogens with zero attached hydrogens (tertiary/aromatic N) is 2. The van der Waals surface area contributed by atoms with E-state index in [0.717, 1.165) is 17.7 Å². The normalized spacial score (nSPS) is 20.5. The number of anilines is 1. The molecule has 0 saturated carbocycles. The third-order valence-electron chi connectivity index (χ3n) is 5.45. The highest BCUT2D eigenvalue weighted by atomic mass is 16.6. The molecule has 2 heterocycles. The Morgan fingerprint density at radius 1 is 1.32 bits per heavy atom. The fraction of sp³-hybridized carbons (Fsp3) is 0.579. The van der Waals surface area contributed by atoms with Crippen molar-refractivity contribution in [2.45, 2.75) is 44.6 Å². The van der Waals surface area contributed by atoms with E-state index in [9.17, 15) is 9.59 Å². The third kappa shape index (κ3) is 3.57. The smallest absolute Gasteiger partial charge is 0.410 e. The van der Waals surface area contributed by atoms with Crippen molar-refractivity contribution in [1.29, 1.82) is 0 Å². The maximum Gasteiger partial charge on any atom is 0.410 e. The van der Waals surface area contributed by atoms with Crippen LogP contribution in [-0.4, -0.2) is 54.2 Å². The second-order valence-corrected chi connectivity index (χ2v) is 7.22. The first-order valence-corrected chi connectivity index (χ1v) is 9.03. The predicted octanol–water partition coefficient (Wildman–Crippen LogP) is 3.65. The van der Waals surface area contributed by atoms with Gasteiger partial charge in [-0.1, -0.05) is 32.0 Å². The summed E-state index contributed by atoms with van der Waals surface area (Å²) in [5.41, 5.74) is 1.63. The van der Waals surface area contributed by atoms with Crippen molar-refractivity contribution in [3.63, 3.8) is 0 Å². The molecule has 6 nitrogen and oxygen atoms in total. The fourth-order valence-corrected chi connectivity index (χ4v) is 3.62. The van der Waals surface area contributed by atoms with Gasteiger partial charge in [0.2, 0.25) is 0 Å². The summed E-state index contributed by atoms with van der Waals surface area (Å²) in [7, 11) is 1.75. The molecule has 2 fully saturated rings. The molecule has 0 aromatic heterocycles. The molecule has 1 N–H and O–H groups in total. The molecule has 136 valence electrons. The van der Waals surface area contributed by atoms with Crippen molar-refractivity contribution in [3.8, 4) is 0 Å². The van der Waals surface area contributed by atoms with Crippen molar-refractivity contribution >= 4 is 17.8 Å². The van der Waals surface area contributed by atoms with Crippen LogP contribution in [0, 0.1) is 0 Å². The van der Waals surface area contributed by atoms with Crippen LogP contribution in [0.25, 0.3) is 0 Å². The van der Waals surface area contributed by atoms with Crippen molar-refractivity contribution in [2.24, 2.45) is 0 Å². The van der Waals surface area contributed by atoms with Crippen LogP contribution < -0.4 is 5.32 Å². The van der Waals surface area contributed by atoms with Gasteiger partial charge in [-0.15, -0.1) is 0 Å². The molecule has 2 aliphatic heterocycles. The van der Waals surface area contributed by atoms with Gasteiger partial charge in [0, 0.05) is 38.7 Å². The first-order valence-electron chi connectivity index (χ1n) is 9.03. The Balaban J connectivity index is 1.62. The summed E-state index contributed by atoms with van der Waals surface area (Å²) in [5, 5.41) is 3.06. The van der Waals surface area contributed by atoms with Gasteiger partial charge in [0.25, 0.3) is 0 Å². The number of urea groups is 1. The monoisotopic (exact) mass is 345 g/mol. The highest BCUT2D eigenvalue weighted by Gasteiger charge is 2.46. The molecule has 0 aliphatic carbocycles. The summed E-state index contributed by atoms with van der Waals surface area (Å²) in [6, 6.07) is 7.90. The molecule has 0 radical (unpaired) electrons. The van der Waals surface area contributed by atoms with Crippen LogP contribution in [-0.2, 0) is 4.74 Å². The summed E-state index contributed by atoms with van der Waals surface area (Å²) < 4.78 is 5.54. The van der Waals surface area contributed by atoms with E-state index in [1.807, 2.05) is 23.1 Å². The van der Waals surface area contributed by atoms with Gasteiger partial charge in [-0.3, -0.25) is 0 Å². The predicted molar refractivity (Wildman–Crippen MR) is 96.8 cm³/mol. The minimum absolute atomic E-state index is 0.0803. The van der Waals surface area contributed by atoms with Crippen LogP contribution in [0.15, 0.2) is 24.3 Å². The largest absolute Gasteiger partial charge is 0.441 e. The summed E-state index contributed by atoms with van der Waals surface area (Å²) >= 11 is 0. The molecule has 1 aromatic rings. The van der Waals surface area contributed by atoms with Gasteiger partial charge in [0.15, 0.2) is 0 Å². The van der Waals surface area contributed by atoms with E-state index in [2.05, 4.69) is 25.2 Å². The molecule has 1 atom stereocenters. The number of para-hydroxylation sites is 1. The Morgan fingerprint density at radius 3 is 2.60 bits per heavy atom. The molecule has 25 heavy (non-hydrogen) atoms. The lowest BCUT2D eigenvalue weighted by atomic mass is 9.91. The van der Waals surface area contributed by atoms with Gasteiger partial charge >= 0.3 is 12.1 Å².